The van der Waals surface area contributed by atoms with E-state index in [0.29, 0.717) is 12.2 Å². The zero-order chi connectivity index (χ0) is 13.2. The second-order valence-corrected chi connectivity index (χ2v) is 4.35. The first kappa shape index (κ1) is 11.3. The van der Waals surface area contributed by atoms with Crippen LogP contribution in [-0.2, 0) is 6.54 Å². The number of hydrogen-bond acceptors (Lipinski definition) is 3. The maximum absolute atomic E-state index is 9.07. The third kappa shape index (κ3) is 1.91. The van der Waals surface area contributed by atoms with Gasteiger partial charge in [0, 0.05) is 23.3 Å². The van der Waals surface area contributed by atoms with Gasteiger partial charge in [0.2, 0.25) is 0 Å². The molecule has 0 amide bonds. The highest BCUT2D eigenvalue weighted by molar-refractivity contribution is 5.90. The SMILES string of the molecule is N#Cc1ncccc1Cn1ccc2cccc(N)c21. The fourth-order valence-corrected chi connectivity index (χ4v) is 2.27. The molecule has 2 aromatic heterocycles. The summed E-state index contributed by atoms with van der Waals surface area (Å²) < 4.78 is 2.04. The van der Waals surface area contributed by atoms with Gasteiger partial charge in [-0.3, -0.25) is 0 Å². The second-order valence-electron chi connectivity index (χ2n) is 4.35. The van der Waals surface area contributed by atoms with Crippen LogP contribution in [0, 0.1) is 11.3 Å². The maximum atomic E-state index is 9.07. The molecule has 0 saturated heterocycles. The van der Waals surface area contributed by atoms with Crippen LogP contribution < -0.4 is 5.73 Å². The molecule has 3 aromatic rings. The number of nitrogen functional groups attached to an aromatic ring is 1. The number of pyridine rings is 1. The van der Waals surface area contributed by atoms with Crippen LogP contribution in [-0.4, -0.2) is 9.55 Å². The zero-order valence-corrected chi connectivity index (χ0v) is 10.2. The van der Waals surface area contributed by atoms with Crippen molar-refractivity contribution in [3.05, 3.63) is 60.0 Å². The second kappa shape index (κ2) is 4.46. The van der Waals surface area contributed by atoms with Crippen molar-refractivity contribution in [2.75, 3.05) is 5.73 Å². The predicted molar refractivity (Wildman–Crippen MR) is 74.4 cm³/mol. The van der Waals surface area contributed by atoms with Gasteiger partial charge in [0.15, 0.2) is 0 Å². The van der Waals surface area contributed by atoms with Crippen molar-refractivity contribution in [1.82, 2.24) is 9.55 Å². The molecule has 4 heteroatoms. The van der Waals surface area contributed by atoms with Gasteiger partial charge in [-0.25, -0.2) is 4.98 Å². The third-order valence-electron chi connectivity index (χ3n) is 3.16. The molecule has 2 N–H and O–H groups in total. The molecule has 2 heterocycles. The molecule has 1 aromatic carbocycles. The molecule has 0 spiro atoms. The van der Waals surface area contributed by atoms with Gasteiger partial charge < -0.3 is 10.3 Å². The number of anilines is 1. The van der Waals surface area contributed by atoms with Gasteiger partial charge in [0.25, 0.3) is 0 Å². The molecule has 3 rings (SSSR count). The Labute approximate surface area is 110 Å². The first-order valence-corrected chi connectivity index (χ1v) is 5.97. The number of nitriles is 1. The van der Waals surface area contributed by atoms with Crippen LogP contribution in [0.15, 0.2) is 48.8 Å². The van der Waals surface area contributed by atoms with E-state index in [4.69, 9.17) is 11.0 Å². The Bertz CT molecular complexity index is 780. The summed E-state index contributed by atoms with van der Waals surface area (Å²) >= 11 is 0. The summed E-state index contributed by atoms with van der Waals surface area (Å²) in [6.07, 6.45) is 3.61. The van der Waals surface area contributed by atoms with E-state index >= 15 is 0 Å². The van der Waals surface area contributed by atoms with Crippen molar-refractivity contribution in [2.45, 2.75) is 6.54 Å². The van der Waals surface area contributed by atoms with E-state index in [1.54, 1.807) is 6.20 Å². The number of fused-ring (bicyclic) bond motifs is 1. The molecule has 92 valence electrons. The first-order valence-electron chi connectivity index (χ1n) is 5.97. The lowest BCUT2D eigenvalue weighted by atomic mass is 10.2. The van der Waals surface area contributed by atoms with Crippen LogP contribution in [0.4, 0.5) is 5.69 Å². The van der Waals surface area contributed by atoms with Gasteiger partial charge in [-0.15, -0.1) is 0 Å². The van der Waals surface area contributed by atoms with E-state index in [1.807, 2.05) is 47.2 Å². The van der Waals surface area contributed by atoms with E-state index in [2.05, 4.69) is 11.1 Å². The van der Waals surface area contributed by atoms with Gasteiger partial charge in [0.1, 0.15) is 11.8 Å². The van der Waals surface area contributed by atoms with Crippen LogP contribution in [0.5, 0.6) is 0 Å². The molecule has 0 saturated carbocycles. The summed E-state index contributed by atoms with van der Waals surface area (Å²) in [4.78, 5) is 4.07. The van der Waals surface area contributed by atoms with Crippen LogP contribution >= 0.6 is 0 Å². The Morgan fingerprint density at radius 1 is 1.21 bits per heavy atom. The minimum absolute atomic E-state index is 0.457. The van der Waals surface area contributed by atoms with Crippen molar-refractivity contribution in [3.8, 4) is 6.07 Å². The summed E-state index contributed by atoms with van der Waals surface area (Å²) in [7, 11) is 0. The predicted octanol–water partition coefficient (Wildman–Crippen LogP) is 2.54. The summed E-state index contributed by atoms with van der Waals surface area (Å²) in [5.41, 5.74) is 9.11. The number of aromatic nitrogens is 2. The van der Waals surface area contributed by atoms with Crippen molar-refractivity contribution in [2.24, 2.45) is 0 Å². The van der Waals surface area contributed by atoms with Gasteiger partial charge in [0.05, 0.1) is 17.7 Å². The molecule has 0 unspecified atom stereocenters. The lowest BCUT2D eigenvalue weighted by molar-refractivity contribution is 0.828. The summed E-state index contributed by atoms with van der Waals surface area (Å²) in [5.74, 6) is 0. The topological polar surface area (TPSA) is 67.6 Å². The average molecular weight is 248 g/mol. The molecular weight excluding hydrogens is 236 g/mol. The monoisotopic (exact) mass is 248 g/mol. The van der Waals surface area contributed by atoms with Crippen LogP contribution in [0.25, 0.3) is 10.9 Å². The van der Waals surface area contributed by atoms with Gasteiger partial charge in [-0.05, 0) is 18.2 Å². The highest BCUT2D eigenvalue weighted by Gasteiger charge is 2.07. The highest BCUT2D eigenvalue weighted by atomic mass is 15.0. The van der Waals surface area contributed by atoms with Crippen LogP contribution in [0.1, 0.15) is 11.3 Å². The molecule has 0 aliphatic carbocycles. The van der Waals surface area contributed by atoms with Crippen LogP contribution in [0.3, 0.4) is 0 Å². The van der Waals surface area contributed by atoms with Gasteiger partial charge >= 0.3 is 0 Å². The molecule has 0 bridgehead atoms. The Morgan fingerprint density at radius 2 is 2.11 bits per heavy atom. The largest absolute Gasteiger partial charge is 0.397 e. The van der Waals surface area contributed by atoms with Crippen molar-refractivity contribution >= 4 is 16.6 Å². The Hall–Kier alpha value is -2.80. The Balaban J connectivity index is 2.09. The van der Waals surface area contributed by atoms with E-state index in [9.17, 15) is 0 Å². The van der Waals surface area contributed by atoms with Gasteiger partial charge in [-0.2, -0.15) is 5.26 Å². The fourth-order valence-electron chi connectivity index (χ4n) is 2.27. The molecule has 0 aliphatic rings. The molecule has 19 heavy (non-hydrogen) atoms. The molecule has 0 radical (unpaired) electrons. The molecule has 4 nitrogen and oxygen atoms in total. The minimum atomic E-state index is 0.457. The van der Waals surface area contributed by atoms with Crippen molar-refractivity contribution in [3.63, 3.8) is 0 Å². The third-order valence-corrected chi connectivity index (χ3v) is 3.16. The lowest BCUT2D eigenvalue weighted by Crippen LogP contribution is -2.03. The fraction of sp³-hybridized carbons (Fsp3) is 0.0667. The van der Waals surface area contributed by atoms with Gasteiger partial charge in [-0.1, -0.05) is 18.2 Å². The molecular formula is C15H12N4. The number of para-hydroxylation sites is 1. The Morgan fingerprint density at radius 3 is 2.95 bits per heavy atom. The zero-order valence-electron chi connectivity index (χ0n) is 10.2. The van der Waals surface area contributed by atoms with Crippen LogP contribution in [0.2, 0.25) is 0 Å². The minimum Gasteiger partial charge on any atom is -0.397 e. The van der Waals surface area contributed by atoms with E-state index < -0.39 is 0 Å². The summed E-state index contributed by atoms with van der Waals surface area (Å²) in [5, 5.41) is 10.2. The molecule has 0 atom stereocenters. The summed E-state index contributed by atoms with van der Waals surface area (Å²) in [6, 6.07) is 13.7. The normalized spacial score (nSPS) is 10.5. The number of benzene rings is 1. The standard InChI is InChI=1S/C15H12N4/c16-9-14-12(4-2-7-18-14)10-19-8-6-11-3-1-5-13(17)15(11)19/h1-8H,10,17H2. The van der Waals surface area contributed by atoms with E-state index in [0.717, 1.165) is 22.2 Å². The first-order chi connectivity index (χ1) is 9.29. The molecule has 0 aliphatic heterocycles. The maximum Gasteiger partial charge on any atom is 0.145 e. The number of rotatable bonds is 2. The van der Waals surface area contributed by atoms with E-state index in [-0.39, 0.29) is 0 Å². The smallest absolute Gasteiger partial charge is 0.145 e. The number of nitrogens with two attached hydrogens (primary N) is 1. The lowest BCUT2D eigenvalue weighted by Gasteiger charge is -2.08. The Kier molecular flexibility index (Phi) is 2.66. The highest BCUT2D eigenvalue weighted by Crippen LogP contribution is 2.23. The van der Waals surface area contributed by atoms with Crippen molar-refractivity contribution in [1.29, 1.82) is 5.26 Å². The number of nitrogens with zero attached hydrogens (tertiary/aromatic N) is 3. The average Bonchev–Trinajstić information content (AvgIpc) is 2.84. The summed E-state index contributed by atoms with van der Waals surface area (Å²) in [6.45, 7) is 0.592. The molecule has 0 fully saturated rings. The van der Waals surface area contributed by atoms with E-state index in [1.165, 1.54) is 0 Å². The van der Waals surface area contributed by atoms with Crippen molar-refractivity contribution < 1.29 is 0 Å². The quantitative estimate of drug-likeness (QED) is 0.708. The number of hydrogen-bond donors (Lipinski definition) is 1.